The lowest BCUT2D eigenvalue weighted by atomic mass is 10.3. The molecule has 0 atom stereocenters. The number of hydrogen-bond donors (Lipinski definition) is 1. The fourth-order valence-electron chi connectivity index (χ4n) is 0.736. The van der Waals surface area contributed by atoms with E-state index in [1.54, 1.807) is 0 Å². The molecule has 1 N–H and O–H groups in total. The van der Waals surface area contributed by atoms with Gasteiger partial charge in [0.25, 0.3) is 0 Å². The lowest BCUT2D eigenvalue weighted by molar-refractivity contribution is 0.221. The molecule has 0 unspecified atom stereocenters. The molecular formula is C11H19NO. The van der Waals surface area contributed by atoms with E-state index in [2.05, 4.69) is 18.5 Å². The van der Waals surface area contributed by atoms with E-state index in [9.17, 15) is 0 Å². The van der Waals surface area contributed by atoms with Gasteiger partial charge in [-0.15, -0.1) is 0 Å². The Labute approximate surface area is 81.0 Å². The van der Waals surface area contributed by atoms with Gasteiger partial charge in [-0.3, -0.25) is 0 Å². The average Bonchev–Trinajstić information content (AvgIpc) is 2.09. The van der Waals surface area contributed by atoms with E-state index < -0.39 is 0 Å². The summed E-state index contributed by atoms with van der Waals surface area (Å²) < 4.78 is 5.33. The van der Waals surface area contributed by atoms with Crippen LogP contribution in [-0.2, 0) is 4.74 Å². The Morgan fingerprint density at radius 3 is 2.62 bits per heavy atom. The highest BCUT2D eigenvalue weighted by Crippen LogP contribution is 1.99. The smallest absolute Gasteiger partial charge is 0.112 e. The fourth-order valence-corrected chi connectivity index (χ4v) is 0.736. The van der Waals surface area contributed by atoms with E-state index in [0.717, 1.165) is 18.5 Å². The van der Waals surface area contributed by atoms with E-state index >= 15 is 0 Å². The molecule has 0 saturated carbocycles. The second-order valence-corrected chi connectivity index (χ2v) is 2.95. The van der Waals surface area contributed by atoms with Crippen LogP contribution in [0.15, 0.2) is 36.6 Å². The van der Waals surface area contributed by atoms with Crippen molar-refractivity contribution >= 4 is 0 Å². The summed E-state index contributed by atoms with van der Waals surface area (Å²) in [6.07, 6.45) is 4.72. The van der Waals surface area contributed by atoms with Crippen LogP contribution in [0.3, 0.4) is 0 Å². The van der Waals surface area contributed by atoms with Crippen LogP contribution in [0.2, 0.25) is 0 Å². The zero-order valence-corrected chi connectivity index (χ0v) is 8.60. The summed E-state index contributed by atoms with van der Waals surface area (Å²) in [6.45, 7) is 11.1. The number of nitrogens with one attached hydrogen (secondary N) is 1. The summed E-state index contributed by atoms with van der Waals surface area (Å²) in [4.78, 5) is 0. The maximum Gasteiger partial charge on any atom is 0.112 e. The van der Waals surface area contributed by atoms with Crippen molar-refractivity contribution < 1.29 is 4.74 Å². The predicted octanol–water partition coefficient (Wildman–Crippen LogP) is 2.26. The molecule has 0 spiro atoms. The molecule has 2 heteroatoms. The normalized spacial score (nSPS) is 10.3. The second-order valence-electron chi connectivity index (χ2n) is 2.95. The van der Waals surface area contributed by atoms with Crippen molar-refractivity contribution in [1.82, 2.24) is 5.32 Å². The average molecular weight is 181 g/mol. The van der Waals surface area contributed by atoms with Crippen molar-refractivity contribution in [2.75, 3.05) is 20.2 Å². The summed E-state index contributed by atoms with van der Waals surface area (Å²) in [5.74, 6) is 0.694. The summed E-state index contributed by atoms with van der Waals surface area (Å²) >= 11 is 0. The third-order valence-corrected chi connectivity index (χ3v) is 1.41. The molecular weight excluding hydrogens is 162 g/mol. The number of ether oxygens (including phenoxy) is 1. The van der Waals surface area contributed by atoms with E-state index in [-0.39, 0.29) is 0 Å². The van der Waals surface area contributed by atoms with E-state index in [1.165, 1.54) is 0 Å². The first kappa shape index (κ1) is 12.0. The van der Waals surface area contributed by atoms with Crippen LogP contribution >= 0.6 is 0 Å². The van der Waals surface area contributed by atoms with Gasteiger partial charge in [-0.05, 0) is 33.0 Å². The Bertz CT molecular complexity index is 194. The second kappa shape index (κ2) is 7.62. The van der Waals surface area contributed by atoms with Crippen molar-refractivity contribution in [2.24, 2.45) is 0 Å². The molecule has 0 aromatic rings. The largest absolute Gasteiger partial charge is 0.494 e. The van der Waals surface area contributed by atoms with Gasteiger partial charge in [0.1, 0.15) is 5.76 Å². The molecule has 0 heterocycles. The molecule has 74 valence electrons. The van der Waals surface area contributed by atoms with Crippen molar-refractivity contribution in [3.8, 4) is 0 Å². The van der Waals surface area contributed by atoms with E-state index in [4.69, 9.17) is 4.74 Å². The molecule has 0 aliphatic rings. The van der Waals surface area contributed by atoms with E-state index in [1.807, 2.05) is 26.1 Å². The van der Waals surface area contributed by atoms with Gasteiger partial charge in [0.15, 0.2) is 0 Å². The topological polar surface area (TPSA) is 21.3 Å². The zero-order chi connectivity index (χ0) is 10.1. The van der Waals surface area contributed by atoms with Crippen molar-refractivity contribution in [2.45, 2.75) is 13.3 Å². The predicted molar refractivity (Wildman–Crippen MR) is 57.6 cm³/mol. The molecule has 0 aromatic carbocycles. The van der Waals surface area contributed by atoms with Gasteiger partial charge in [0, 0.05) is 0 Å². The van der Waals surface area contributed by atoms with Crippen LogP contribution in [0.1, 0.15) is 13.3 Å². The van der Waals surface area contributed by atoms with Crippen LogP contribution in [0, 0.1) is 0 Å². The molecule has 0 amide bonds. The number of hydrogen-bond acceptors (Lipinski definition) is 2. The van der Waals surface area contributed by atoms with Gasteiger partial charge in [-0.1, -0.05) is 24.8 Å². The molecule has 2 nitrogen and oxygen atoms in total. The molecule has 13 heavy (non-hydrogen) atoms. The van der Waals surface area contributed by atoms with E-state index in [0.29, 0.717) is 12.4 Å². The molecule has 0 aromatic heterocycles. The monoisotopic (exact) mass is 181 g/mol. The number of allylic oxidation sites excluding steroid dienone is 3. The highest BCUT2D eigenvalue weighted by atomic mass is 16.5. The summed E-state index contributed by atoms with van der Waals surface area (Å²) in [5, 5.41) is 3.05. The minimum atomic E-state index is 0.694. The Kier molecular flexibility index (Phi) is 7.02. The highest BCUT2D eigenvalue weighted by Gasteiger charge is 1.88. The van der Waals surface area contributed by atoms with Crippen LogP contribution in [0.5, 0.6) is 0 Å². The van der Waals surface area contributed by atoms with Crippen LogP contribution in [0.4, 0.5) is 0 Å². The van der Waals surface area contributed by atoms with Crippen molar-refractivity contribution in [3.05, 3.63) is 36.6 Å². The minimum Gasteiger partial charge on any atom is -0.494 e. The van der Waals surface area contributed by atoms with Gasteiger partial charge in [-0.2, -0.15) is 0 Å². The first-order chi connectivity index (χ1) is 6.16. The quantitative estimate of drug-likeness (QED) is 0.369. The molecule has 0 fully saturated rings. The molecule has 0 aliphatic heterocycles. The maximum atomic E-state index is 5.33. The Morgan fingerprint density at radius 1 is 1.38 bits per heavy atom. The lowest BCUT2D eigenvalue weighted by Crippen LogP contribution is -2.09. The van der Waals surface area contributed by atoms with Gasteiger partial charge in [0.2, 0.25) is 0 Å². The molecule has 0 rings (SSSR count). The van der Waals surface area contributed by atoms with Crippen LogP contribution in [-0.4, -0.2) is 20.2 Å². The Hall–Kier alpha value is -1.02. The lowest BCUT2D eigenvalue weighted by Gasteiger charge is -2.04. The fraction of sp³-hybridized carbons (Fsp3) is 0.455. The molecule has 0 aliphatic carbocycles. The summed E-state index contributed by atoms with van der Waals surface area (Å²) in [6, 6.07) is 0. The Balaban J connectivity index is 3.46. The summed E-state index contributed by atoms with van der Waals surface area (Å²) in [7, 11) is 1.93. The van der Waals surface area contributed by atoms with Crippen molar-refractivity contribution in [1.29, 1.82) is 0 Å². The molecule has 0 saturated heterocycles. The molecule has 0 bridgehead atoms. The third kappa shape index (κ3) is 8.89. The van der Waals surface area contributed by atoms with Crippen LogP contribution in [0.25, 0.3) is 0 Å². The van der Waals surface area contributed by atoms with Crippen LogP contribution < -0.4 is 5.32 Å². The third-order valence-electron chi connectivity index (χ3n) is 1.41. The standard InChI is InChI=1S/C11H19NO/c1-10(2)6-7-11(3)13-9-5-8-12-4/h6-7,12H,1,3,5,8-9H2,2,4H3/b7-6-. The molecule has 0 radical (unpaired) electrons. The highest BCUT2D eigenvalue weighted by molar-refractivity contribution is 5.19. The zero-order valence-electron chi connectivity index (χ0n) is 8.60. The first-order valence-corrected chi connectivity index (χ1v) is 4.46. The SMILES string of the molecule is C=C(C)/C=C\C(=C)OCCCNC. The van der Waals surface area contributed by atoms with Gasteiger partial charge in [-0.25, -0.2) is 0 Å². The summed E-state index contributed by atoms with van der Waals surface area (Å²) in [5.41, 5.74) is 1.000. The van der Waals surface area contributed by atoms with Gasteiger partial charge >= 0.3 is 0 Å². The first-order valence-electron chi connectivity index (χ1n) is 4.46. The maximum absolute atomic E-state index is 5.33. The number of rotatable bonds is 7. The Morgan fingerprint density at radius 2 is 2.08 bits per heavy atom. The van der Waals surface area contributed by atoms with Gasteiger partial charge in [0.05, 0.1) is 6.61 Å². The minimum absolute atomic E-state index is 0.694. The van der Waals surface area contributed by atoms with Crippen molar-refractivity contribution in [3.63, 3.8) is 0 Å². The van der Waals surface area contributed by atoms with Gasteiger partial charge < -0.3 is 10.1 Å².